The summed E-state index contributed by atoms with van der Waals surface area (Å²) in [4.78, 5) is 24.0. The molecule has 212 valence electrons. The molecule has 0 bridgehead atoms. The van der Waals surface area contributed by atoms with E-state index in [9.17, 15) is 13.2 Å². The summed E-state index contributed by atoms with van der Waals surface area (Å²) in [7, 11) is -0.370. The van der Waals surface area contributed by atoms with E-state index < -0.39 is 15.6 Å². The lowest BCUT2D eigenvalue weighted by atomic mass is 10.1. The Bertz CT molecular complexity index is 1730. The Morgan fingerprint density at radius 3 is 2.65 bits per heavy atom. The number of imidazole rings is 1. The van der Waals surface area contributed by atoms with Crippen LogP contribution >= 0.6 is 11.3 Å². The van der Waals surface area contributed by atoms with E-state index in [0.717, 1.165) is 28.2 Å². The van der Waals surface area contributed by atoms with Crippen LogP contribution in [0.3, 0.4) is 0 Å². The zero-order valence-electron chi connectivity index (χ0n) is 23.2. The van der Waals surface area contributed by atoms with Gasteiger partial charge in [0.25, 0.3) is 0 Å². The molecule has 4 aromatic rings. The highest BCUT2D eigenvalue weighted by Gasteiger charge is 2.26. The Balaban J connectivity index is 1.57. The first-order valence-electron chi connectivity index (χ1n) is 12.7. The molecule has 1 amide bonds. The van der Waals surface area contributed by atoms with E-state index in [4.69, 9.17) is 9.72 Å². The second-order valence-corrected chi connectivity index (χ2v) is 13.7. The van der Waals surface area contributed by atoms with Gasteiger partial charge in [0.2, 0.25) is 10.0 Å². The van der Waals surface area contributed by atoms with Gasteiger partial charge < -0.3 is 15.0 Å². The topological polar surface area (TPSA) is 136 Å². The van der Waals surface area contributed by atoms with E-state index in [0.29, 0.717) is 47.2 Å². The predicted molar refractivity (Wildman–Crippen MR) is 154 cm³/mol. The molecule has 0 spiro atoms. The molecule has 12 nitrogen and oxygen atoms in total. The van der Waals surface area contributed by atoms with Crippen molar-refractivity contribution in [3.8, 4) is 11.3 Å². The number of nitrogens with one attached hydrogen (secondary N) is 2. The minimum atomic E-state index is -3.61. The molecule has 1 aliphatic heterocycles. The molecular formula is C26H32N8O4S2. The number of anilines is 2. The molecule has 0 fully saturated rings. The van der Waals surface area contributed by atoms with Crippen molar-refractivity contribution in [3.63, 3.8) is 0 Å². The average molecular weight is 585 g/mol. The van der Waals surface area contributed by atoms with Gasteiger partial charge in [-0.25, -0.2) is 27.9 Å². The monoisotopic (exact) mass is 584 g/mol. The summed E-state index contributed by atoms with van der Waals surface area (Å²) >= 11 is 1.12. The van der Waals surface area contributed by atoms with Gasteiger partial charge in [0.1, 0.15) is 9.81 Å². The number of sulfonamides is 1. The van der Waals surface area contributed by atoms with Crippen molar-refractivity contribution < 1.29 is 17.9 Å². The molecule has 1 aliphatic rings. The summed E-state index contributed by atoms with van der Waals surface area (Å²) in [5, 5.41) is 8.20. The SMILES string of the molecule is CNS(=O)(=O)c1sc(Nc2nc(C3=CCCN(C(=O)OC(C)(C)C)C3)cn3c(-c4cnn(C)c4)cnc23)cc1C. The number of carbonyl (C=O) groups is 1. The number of hydrogen-bond acceptors (Lipinski definition) is 9. The lowest BCUT2D eigenvalue weighted by molar-refractivity contribution is 0.0273. The van der Waals surface area contributed by atoms with Crippen molar-refractivity contribution in [1.29, 1.82) is 0 Å². The second kappa shape index (κ2) is 10.3. The number of amides is 1. The van der Waals surface area contributed by atoms with Crippen LogP contribution in [0.4, 0.5) is 15.6 Å². The maximum Gasteiger partial charge on any atom is 0.410 e. The van der Waals surface area contributed by atoms with E-state index in [1.807, 2.05) is 44.6 Å². The molecule has 14 heteroatoms. The fourth-order valence-electron chi connectivity index (χ4n) is 4.41. The molecule has 40 heavy (non-hydrogen) atoms. The van der Waals surface area contributed by atoms with E-state index in [2.05, 4.69) is 26.2 Å². The number of ether oxygens (including phenoxy) is 1. The summed E-state index contributed by atoms with van der Waals surface area (Å²) in [5.74, 6) is 0.456. The van der Waals surface area contributed by atoms with Crippen molar-refractivity contribution in [2.75, 3.05) is 25.5 Å². The van der Waals surface area contributed by atoms with Crippen LogP contribution in [-0.2, 0) is 21.8 Å². The smallest absolute Gasteiger partial charge is 0.410 e. The van der Waals surface area contributed by atoms with Crippen LogP contribution in [0.2, 0.25) is 0 Å². The number of carbonyl (C=O) groups excluding carboxylic acids is 1. The zero-order chi connectivity index (χ0) is 28.8. The highest BCUT2D eigenvalue weighted by Crippen LogP contribution is 2.34. The van der Waals surface area contributed by atoms with E-state index in [1.165, 1.54) is 7.05 Å². The fraction of sp³-hybridized carbons (Fsp3) is 0.385. The Kier molecular flexibility index (Phi) is 7.18. The lowest BCUT2D eigenvalue weighted by Gasteiger charge is -2.30. The molecule has 2 N–H and O–H groups in total. The molecule has 0 unspecified atom stereocenters. The van der Waals surface area contributed by atoms with Gasteiger partial charge in [-0.3, -0.25) is 9.08 Å². The van der Waals surface area contributed by atoms with Crippen LogP contribution in [-0.4, -0.2) is 69.3 Å². The highest BCUT2D eigenvalue weighted by atomic mass is 32.2. The molecule has 4 aromatic heterocycles. The molecular weight excluding hydrogens is 552 g/mol. The van der Waals surface area contributed by atoms with Gasteiger partial charge in [0, 0.05) is 31.5 Å². The fourth-order valence-corrected chi connectivity index (χ4v) is 6.84. The molecule has 0 aliphatic carbocycles. The van der Waals surface area contributed by atoms with Gasteiger partial charge in [0.15, 0.2) is 11.5 Å². The predicted octanol–water partition coefficient (Wildman–Crippen LogP) is 4.18. The van der Waals surface area contributed by atoms with Gasteiger partial charge in [-0.15, -0.1) is 11.3 Å². The third-order valence-electron chi connectivity index (χ3n) is 6.25. The third-order valence-corrected chi connectivity index (χ3v) is 9.45. The number of nitrogens with zero attached hydrogens (tertiary/aromatic N) is 6. The Hall–Kier alpha value is -3.75. The van der Waals surface area contributed by atoms with Gasteiger partial charge in [0.05, 0.1) is 35.3 Å². The third kappa shape index (κ3) is 5.60. The van der Waals surface area contributed by atoms with Crippen molar-refractivity contribution in [1.82, 2.24) is 33.8 Å². The first-order chi connectivity index (χ1) is 18.8. The van der Waals surface area contributed by atoms with Crippen LogP contribution < -0.4 is 10.0 Å². The van der Waals surface area contributed by atoms with Crippen molar-refractivity contribution in [2.24, 2.45) is 7.05 Å². The van der Waals surface area contributed by atoms with Gasteiger partial charge >= 0.3 is 6.09 Å². The normalized spacial score (nSPS) is 14.4. The van der Waals surface area contributed by atoms with Crippen LogP contribution in [0, 0.1) is 6.92 Å². The van der Waals surface area contributed by atoms with Gasteiger partial charge in [-0.05, 0) is 58.4 Å². The van der Waals surface area contributed by atoms with Crippen LogP contribution in [0.1, 0.15) is 38.4 Å². The number of rotatable bonds is 6. The average Bonchev–Trinajstić information content (AvgIpc) is 3.61. The largest absolute Gasteiger partial charge is 0.444 e. The molecule has 0 atom stereocenters. The van der Waals surface area contributed by atoms with Crippen molar-refractivity contribution >= 4 is 49.5 Å². The summed E-state index contributed by atoms with van der Waals surface area (Å²) in [6, 6.07) is 1.77. The molecule has 5 heterocycles. The molecule has 0 saturated carbocycles. The minimum absolute atomic E-state index is 0.229. The Morgan fingerprint density at radius 1 is 1.20 bits per heavy atom. The van der Waals surface area contributed by atoms with Crippen LogP contribution in [0.5, 0.6) is 0 Å². The summed E-state index contributed by atoms with van der Waals surface area (Å²) in [5.41, 5.74) is 3.80. The molecule has 0 saturated heterocycles. The zero-order valence-corrected chi connectivity index (χ0v) is 24.9. The van der Waals surface area contributed by atoms with Gasteiger partial charge in [-0.2, -0.15) is 5.10 Å². The standard InChI is InChI=1S/C26H32N8O4S2/c1-16-10-21(39-24(16)40(36,37)27-5)31-22-23-28-12-20(18-11-29-32(6)13-18)34(23)15-19(30-22)17-8-7-9-33(14-17)25(35)38-26(2,3)4/h8,10-13,15,27H,7,9,14H2,1-6H3,(H,30,31). The number of thiophene rings is 1. The summed E-state index contributed by atoms with van der Waals surface area (Å²) < 4.78 is 36.8. The number of fused-ring (bicyclic) bond motifs is 1. The van der Waals surface area contributed by atoms with E-state index >= 15 is 0 Å². The maximum absolute atomic E-state index is 12.8. The van der Waals surface area contributed by atoms with Crippen LogP contribution in [0.25, 0.3) is 22.5 Å². The van der Waals surface area contributed by atoms with Crippen LogP contribution in [0.15, 0.2) is 41.1 Å². The van der Waals surface area contributed by atoms with Crippen molar-refractivity contribution in [2.45, 2.75) is 43.9 Å². The van der Waals surface area contributed by atoms with E-state index in [1.54, 1.807) is 35.0 Å². The quantitative estimate of drug-likeness (QED) is 0.345. The lowest BCUT2D eigenvalue weighted by Crippen LogP contribution is -2.39. The number of hydrogen-bond donors (Lipinski definition) is 2. The second-order valence-electron chi connectivity index (χ2n) is 10.5. The van der Waals surface area contributed by atoms with E-state index in [-0.39, 0.29) is 10.3 Å². The molecule has 0 radical (unpaired) electrons. The highest BCUT2D eigenvalue weighted by molar-refractivity contribution is 7.91. The number of aryl methyl sites for hydroxylation is 2. The minimum Gasteiger partial charge on any atom is -0.444 e. The number of aromatic nitrogens is 5. The van der Waals surface area contributed by atoms with Gasteiger partial charge in [-0.1, -0.05) is 6.08 Å². The first-order valence-corrected chi connectivity index (χ1v) is 15.0. The Morgan fingerprint density at radius 2 is 1.98 bits per heavy atom. The Labute approximate surface area is 236 Å². The molecule has 0 aromatic carbocycles. The molecule has 5 rings (SSSR count). The van der Waals surface area contributed by atoms with Crippen molar-refractivity contribution in [3.05, 3.63) is 48.2 Å². The summed E-state index contributed by atoms with van der Waals surface area (Å²) in [6.07, 6.45) is 9.68. The summed E-state index contributed by atoms with van der Waals surface area (Å²) in [6.45, 7) is 8.17. The maximum atomic E-state index is 12.8. The first kappa shape index (κ1) is 27.8.